The highest BCUT2D eigenvalue weighted by Crippen LogP contribution is 2.21. The predicted molar refractivity (Wildman–Crippen MR) is 55.0 cm³/mol. The summed E-state index contributed by atoms with van der Waals surface area (Å²) in [7, 11) is 0. The van der Waals surface area contributed by atoms with Gasteiger partial charge >= 0.3 is 0 Å². The van der Waals surface area contributed by atoms with Crippen molar-refractivity contribution in [3.05, 3.63) is 30.7 Å². The van der Waals surface area contributed by atoms with Gasteiger partial charge in [0.1, 0.15) is 0 Å². The van der Waals surface area contributed by atoms with Crippen LogP contribution in [0.5, 0.6) is 0 Å². The first kappa shape index (κ1) is 7.98. The molecular weight excluding hydrogens is 192 g/mol. The van der Waals surface area contributed by atoms with Crippen LogP contribution in [0.3, 0.4) is 0 Å². The number of aromatic amines is 1. The Morgan fingerprint density at radius 2 is 2.33 bits per heavy atom. The van der Waals surface area contributed by atoms with E-state index in [-0.39, 0.29) is 5.95 Å². The molecule has 0 saturated carbocycles. The third-order valence-corrected chi connectivity index (χ3v) is 2.19. The van der Waals surface area contributed by atoms with Crippen molar-refractivity contribution in [2.24, 2.45) is 0 Å². The van der Waals surface area contributed by atoms with E-state index in [0.29, 0.717) is 0 Å². The molecule has 3 aromatic heterocycles. The Bertz CT molecular complexity index is 594. The smallest absolute Gasteiger partial charge is 0.240 e. The fourth-order valence-corrected chi connectivity index (χ4v) is 1.55. The molecule has 0 spiro atoms. The molecule has 3 aromatic rings. The number of nitrogen functional groups attached to an aromatic ring is 1. The Morgan fingerprint density at radius 1 is 1.40 bits per heavy atom. The molecule has 0 saturated heterocycles. The molecule has 0 atom stereocenters. The summed E-state index contributed by atoms with van der Waals surface area (Å²) >= 11 is 0. The van der Waals surface area contributed by atoms with Gasteiger partial charge in [0, 0.05) is 23.5 Å². The van der Waals surface area contributed by atoms with Gasteiger partial charge in [0.25, 0.3) is 0 Å². The van der Waals surface area contributed by atoms with Gasteiger partial charge in [-0.25, -0.2) is 4.52 Å². The lowest BCUT2D eigenvalue weighted by atomic mass is 10.1. The quantitative estimate of drug-likeness (QED) is 0.605. The fraction of sp³-hybridized carbons (Fsp3) is 0. The van der Waals surface area contributed by atoms with Crippen LogP contribution < -0.4 is 5.73 Å². The zero-order valence-electron chi connectivity index (χ0n) is 7.75. The largest absolute Gasteiger partial charge is 0.366 e. The summed E-state index contributed by atoms with van der Waals surface area (Å²) < 4.78 is 1.65. The van der Waals surface area contributed by atoms with E-state index in [1.54, 1.807) is 16.9 Å². The Kier molecular flexibility index (Phi) is 1.49. The molecule has 3 N–H and O–H groups in total. The lowest BCUT2D eigenvalue weighted by molar-refractivity contribution is 0.969. The predicted octanol–water partition coefficient (Wildman–Crippen LogP) is 0.702. The van der Waals surface area contributed by atoms with Gasteiger partial charge in [0.15, 0.2) is 5.65 Å². The van der Waals surface area contributed by atoms with Crippen LogP contribution in [0, 0.1) is 0 Å². The van der Waals surface area contributed by atoms with E-state index in [4.69, 9.17) is 5.73 Å². The van der Waals surface area contributed by atoms with Crippen molar-refractivity contribution in [3.63, 3.8) is 0 Å². The monoisotopic (exact) mass is 200 g/mol. The second-order valence-electron chi connectivity index (χ2n) is 3.15. The molecule has 0 aromatic carbocycles. The number of hydrogen-bond acceptors (Lipinski definition) is 4. The van der Waals surface area contributed by atoms with E-state index in [0.717, 1.165) is 16.8 Å². The highest BCUT2D eigenvalue weighted by molar-refractivity contribution is 5.76. The highest BCUT2D eigenvalue weighted by atomic mass is 15.3. The van der Waals surface area contributed by atoms with Gasteiger partial charge < -0.3 is 5.73 Å². The molecule has 15 heavy (non-hydrogen) atoms. The first-order chi connectivity index (χ1) is 7.34. The van der Waals surface area contributed by atoms with Gasteiger partial charge in [0.2, 0.25) is 5.95 Å². The zero-order chi connectivity index (χ0) is 10.3. The number of H-pyrrole nitrogens is 1. The summed E-state index contributed by atoms with van der Waals surface area (Å²) in [5, 5.41) is 10.7. The number of aromatic nitrogens is 5. The van der Waals surface area contributed by atoms with E-state index < -0.39 is 0 Å². The maximum atomic E-state index is 5.55. The molecule has 3 rings (SSSR count). The van der Waals surface area contributed by atoms with Gasteiger partial charge in [-0.1, -0.05) is 0 Å². The molecule has 0 aliphatic carbocycles. The molecule has 3 heterocycles. The molecule has 0 amide bonds. The second kappa shape index (κ2) is 2.81. The maximum Gasteiger partial charge on any atom is 0.240 e. The molecule has 0 fully saturated rings. The third kappa shape index (κ3) is 1.15. The van der Waals surface area contributed by atoms with Crippen molar-refractivity contribution in [1.82, 2.24) is 24.8 Å². The van der Waals surface area contributed by atoms with Crippen LogP contribution >= 0.6 is 0 Å². The minimum absolute atomic E-state index is 0.269. The number of fused-ring (bicyclic) bond motifs is 1. The third-order valence-electron chi connectivity index (χ3n) is 2.19. The second-order valence-corrected chi connectivity index (χ2v) is 3.15. The minimum atomic E-state index is 0.269. The zero-order valence-corrected chi connectivity index (χ0v) is 7.75. The number of nitrogens with zero attached hydrogens (tertiary/aromatic N) is 4. The van der Waals surface area contributed by atoms with Crippen molar-refractivity contribution in [3.8, 4) is 11.1 Å². The summed E-state index contributed by atoms with van der Waals surface area (Å²) in [6.45, 7) is 0. The fourth-order valence-electron chi connectivity index (χ4n) is 1.55. The van der Waals surface area contributed by atoms with Crippen LogP contribution in [0.2, 0.25) is 0 Å². The van der Waals surface area contributed by atoms with Gasteiger partial charge in [-0.15, -0.1) is 5.10 Å². The number of anilines is 1. The Labute approximate surface area is 84.8 Å². The molecule has 0 aliphatic rings. The Hall–Kier alpha value is -2.37. The number of pyridine rings is 1. The van der Waals surface area contributed by atoms with E-state index in [1.165, 1.54) is 0 Å². The maximum absolute atomic E-state index is 5.55. The number of hydrogen-bond donors (Lipinski definition) is 2. The summed E-state index contributed by atoms with van der Waals surface area (Å²) in [6.07, 6.45) is 5.35. The van der Waals surface area contributed by atoms with E-state index in [9.17, 15) is 0 Å². The molecule has 0 aliphatic heterocycles. The standard InChI is InChI=1S/C9H8N6/c10-9-13-8-7(6-4-11-12-5-6)2-1-3-15(8)14-9/h1-5H,(H2,10,14)(H,11,12). The lowest BCUT2D eigenvalue weighted by Crippen LogP contribution is -1.89. The molecule has 0 radical (unpaired) electrons. The van der Waals surface area contributed by atoms with E-state index in [1.807, 2.05) is 18.3 Å². The van der Waals surface area contributed by atoms with Gasteiger partial charge in [0.05, 0.1) is 6.20 Å². The van der Waals surface area contributed by atoms with Crippen molar-refractivity contribution in [2.75, 3.05) is 5.73 Å². The van der Waals surface area contributed by atoms with Crippen LogP contribution in [0.15, 0.2) is 30.7 Å². The summed E-state index contributed by atoms with van der Waals surface area (Å²) in [5.74, 6) is 0.269. The SMILES string of the molecule is Nc1nc2c(-c3cn[nH]c3)cccn2n1. The number of nitrogens with two attached hydrogens (primary N) is 1. The summed E-state index contributed by atoms with van der Waals surface area (Å²) in [6, 6.07) is 3.84. The van der Waals surface area contributed by atoms with E-state index in [2.05, 4.69) is 20.3 Å². The summed E-state index contributed by atoms with van der Waals surface area (Å²) in [5.41, 5.74) is 8.20. The van der Waals surface area contributed by atoms with E-state index >= 15 is 0 Å². The normalized spacial score (nSPS) is 10.9. The lowest BCUT2D eigenvalue weighted by Gasteiger charge is -1.97. The van der Waals surface area contributed by atoms with Crippen LogP contribution in [0.4, 0.5) is 5.95 Å². The van der Waals surface area contributed by atoms with Crippen LogP contribution in [0.25, 0.3) is 16.8 Å². The number of nitrogens with one attached hydrogen (secondary N) is 1. The van der Waals surface area contributed by atoms with Crippen LogP contribution in [-0.4, -0.2) is 24.8 Å². The average molecular weight is 200 g/mol. The van der Waals surface area contributed by atoms with Crippen molar-refractivity contribution >= 4 is 11.6 Å². The molecule has 6 nitrogen and oxygen atoms in total. The topological polar surface area (TPSA) is 84.9 Å². The molecule has 74 valence electrons. The Morgan fingerprint density at radius 3 is 3.13 bits per heavy atom. The highest BCUT2D eigenvalue weighted by Gasteiger charge is 2.07. The van der Waals surface area contributed by atoms with Crippen molar-refractivity contribution in [2.45, 2.75) is 0 Å². The van der Waals surface area contributed by atoms with Gasteiger partial charge in [-0.2, -0.15) is 10.1 Å². The molecule has 0 unspecified atom stereocenters. The molecular formula is C9H8N6. The summed E-state index contributed by atoms with van der Waals surface area (Å²) in [4.78, 5) is 4.16. The van der Waals surface area contributed by atoms with Crippen molar-refractivity contribution < 1.29 is 0 Å². The van der Waals surface area contributed by atoms with Gasteiger partial charge in [-0.05, 0) is 12.1 Å². The first-order valence-corrected chi connectivity index (χ1v) is 4.44. The van der Waals surface area contributed by atoms with Crippen LogP contribution in [-0.2, 0) is 0 Å². The van der Waals surface area contributed by atoms with Crippen molar-refractivity contribution in [1.29, 1.82) is 0 Å². The average Bonchev–Trinajstić information content (AvgIpc) is 2.82. The van der Waals surface area contributed by atoms with Gasteiger partial charge in [-0.3, -0.25) is 5.10 Å². The molecule has 0 bridgehead atoms. The van der Waals surface area contributed by atoms with Crippen LogP contribution in [0.1, 0.15) is 0 Å². The molecule has 6 heteroatoms. The minimum Gasteiger partial charge on any atom is -0.366 e. The first-order valence-electron chi connectivity index (χ1n) is 4.44. The number of rotatable bonds is 1. The Balaban J connectivity index is 2.35.